The number of fused-ring (bicyclic) bond motifs is 3. The highest BCUT2D eigenvalue weighted by molar-refractivity contribution is 6.00. The molecule has 1 aliphatic heterocycles. The number of anilines is 1. The molecule has 1 saturated carbocycles. The summed E-state index contributed by atoms with van der Waals surface area (Å²) in [5.41, 5.74) is 3.48. The molecule has 6 heteroatoms. The van der Waals surface area contributed by atoms with Crippen LogP contribution in [0.2, 0.25) is 0 Å². The first-order chi connectivity index (χ1) is 16.6. The van der Waals surface area contributed by atoms with Crippen molar-refractivity contribution in [1.82, 2.24) is 9.47 Å². The first-order valence-electron chi connectivity index (χ1n) is 12.2. The van der Waals surface area contributed by atoms with Gasteiger partial charge in [0.2, 0.25) is 11.8 Å². The van der Waals surface area contributed by atoms with Gasteiger partial charge in [0.15, 0.2) is 0 Å². The Labute approximate surface area is 199 Å². The van der Waals surface area contributed by atoms with Gasteiger partial charge < -0.3 is 9.47 Å². The van der Waals surface area contributed by atoms with Gasteiger partial charge in [-0.2, -0.15) is 0 Å². The Bertz CT molecular complexity index is 1180. The number of amides is 2. The van der Waals surface area contributed by atoms with E-state index < -0.39 is 6.04 Å². The van der Waals surface area contributed by atoms with Crippen LogP contribution in [0.4, 0.5) is 10.1 Å². The lowest BCUT2D eigenvalue weighted by Gasteiger charge is -2.39. The summed E-state index contributed by atoms with van der Waals surface area (Å²) >= 11 is 0. The molecule has 2 aromatic carbocycles. The molecular formula is C28H30FN3O2. The predicted octanol–water partition coefficient (Wildman–Crippen LogP) is 5.62. The first-order valence-corrected chi connectivity index (χ1v) is 12.2. The number of hydrogen-bond donors (Lipinski definition) is 0. The molecule has 176 valence electrons. The first kappa shape index (κ1) is 22.4. The summed E-state index contributed by atoms with van der Waals surface area (Å²) in [5.74, 6) is -0.368. The summed E-state index contributed by atoms with van der Waals surface area (Å²) in [5, 5.41) is 0. The molecule has 0 spiro atoms. The molecule has 5 nitrogen and oxygen atoms in total. The smallest absolute Gasteiger partial charge is 0.247 e. The highest BCUT2D eigenvalue weighted by atomic mass is 19.1. The monoisotopic (exact) mass is 459 g/mol. The average molecular weight is 460 g/mol. The minimum atomic E-state index is -0.408. The molecule has 0 radical (unpaired) electrons. The molecule has 5 rings (SSSR count). The van der Waals surface area contributed by atoms with E-state index in [9.17, 15) is 14.0 Å². The number of para-hydroxylation sites is 2. The summed E-state index contributed by atoms with van der Waals surface area (Å²) in [4.78, 5) is 30.6. The number of carbonyl (C=O) groups excluding carboxylic acids is 2. The van der Waals surface area contributed by atoms with Gasteiger partial charge in [0.05, 0.1) is 17.1 Å². The number of rotatable bonds is 8. The molecule has 1 atom stereocenters. The molecule has 2 amide bonds. The summed E-state index contributed by atoms with van der Waals surface area (Å²) < 4.78 is 15.8. The van der Waals surface area contributed by atoms with Crippen molar-refractivity contribution in [1.29, 1.82) is 0 Å². The quantitative estimate of drug-likeness (QED) is 0.410. The number of unbranched alkanes of at least 4 members (excludes halogenated alkanes) is 2. The number of carbonyl (C=O) groups is 2. The number of aromatic nitrogens is 1. The molecule has 0 saturated heterocycles. The standard InChI is InChI=1S/C28H30FN3O2/c1-2-3-4-11-26(33)31(22-16-17-22)19-27(34)32-24-9-6-5-8-23(24)30-18-7-10-25(30)28(32)20-12-14-21(29)15-13-20/h5-10,12-15,18,22,28H,2-4,11,16-17,19H2,1H3/t28-/m0/s1. The van der Waals surface area contributed by atoms with Crippen molar-refractivity contribution < 1.29 is 14.0 Å². The number of hydrogen-bond acceptors (Lipinski definition) is 2. The van der Waals surface area contributed by atoms with E-state index in [0.717, 1.165) is 54.7 Å². The maximum Gasteiger partial charge on any atom is 0.247 e. The van der Waals surface area contributed by atoms with Crippen LogP contribution in [-0.2, 0) is 9.59 Å². The molecule has 1 aromatic heterocycles. The summed E-state index contributed by atoms with van der Waals surface area (Å²) in [6.07, 6.45) is 7.30. The van der Waals surface area contributed by atoms with Gasteiger partial charge in [-0.25, -0.2) is 4.39 Å². The van der Waals surface area contributed by atoms with Gasteiger partial charge in [-0.3, -0.25) is 14.5 Å². The van der Waals surface area contributed by atoms with Gasteiger partial charge in [0.1, 0.15) is 18.4 Å². The van der Waals surface area contributed by atoms with Crippen LogP contribution in [0, 0.1) is 5.82 Å². The second-order valence-electron chi connectivity index (χ2n) is 9.22. The SMILES string of the molecule is CCCCCC(=O)N(CC(=O)N1c2ccccc2-n2cccc2[C@@H]1c1ccc(F)cc1)C1CC1. The topological polar surface area (TPSA) is 45.6 Å². The Kier molecular flexibility index (Phi) is 6.22. The third kappa shape index (κ3) is 4.25. The zero-order valence-corrected chi connectivity index (χ0v) is 19.5. The lowest BCUT2D eigenvalue weighted by molar-refractivity contribution is -0.136. The van der Waals surface area contributed by atoms with E-state index in [1.54, 1.807) is 21.9 Å². The van der Waals surface area contributed by atoms with Crippen LogP contribution >= 0.6 is 0 Å². The number of benzene rings is 2. The number of nitrogens with zero attached hydrogens (tertiary/aromatic N) is 3. The van der Waals surface area contributed by atoms with E-state index in [-0.39, 0.29) is 30.2 Å². The zero-order valence-electron chi connectivity index (χ0n) is 19.5. The normalized spacial score (nSPS) is 16.6. The fourth-order valence-corrected chi connectivity index (χ4v) is 4.92. The minimum Gasteiger partial charge on any atom is -0.330 e. The van der Waals surface area contributed by atoms with Gasteiger partial charge in [-0.05, 0) is 61.2 Å². The van der Waals surface area contributed by atoms with Crippen molar-refractivity contribution >= 4 is 17.5 Å². The van der Waals surface area contributed by atoms with Crippen LogP contribution in [0.5, 0.6) is 0 Å². The van der Waals surface area contributed by atoms with E-state index in [4.69, 9.17) is 0 Å². The fourth-order valence-electron chi connectivity index (χ4n) is 4.92. The molecule has 1 fully saturated rings. The Morgan fingerprint density at radius 3 is 2.41 bits per heavy atom. The molecule has 0 N–H and O–H groups in total. The van der Waals surface area contributed by atoms with Crippen molar-refractivity contribution in [3.05, 3.63) is 83.9 Å². The van der Waals surface area contributed by atoms with Crippen molar-refractivity contribution in [3.63, 3.8) is 0 Å². The van der Waals surface area contributed by atoms with Gasteiger partial charge in [-0.1, -0.05) is 44.0 Å². The average Bonchev–Trinajstić information content (AvgIpc) is 3.57. The summed E-state index contributed by atoms with van der Waals surface area (Å²) in [6, 6.07) is 17.9. The van der Waals surface area contributed by atoms with E-state index >= 15 is 0 Å². The third-order valence-corrected chi connectivity index (χ3v) is 6.78. The van der Waals surface area contributed by atoms with Crippen LogP contribution in [-0.4, -0.2) is 33.9 Å². The van der Waals surface area contributed by atoms with Gasteiger partial charge in [-0.15, -0.1) is 0 Å². The van der Waals surface area contributed by atoms with E-state index in [2.05, 4.69) is 11.5 Å². The highest BCUT2D eigenvalue weighted by Crippen LogP contribution is 2.42. The molecule has 2 heterocycles. The van der Waals surface area contributed by atoms with Crippen molar-refractivity contribution in [2.75, 3.05) is 11.4 Å². The van der Waals surface area contributed by atoms with Gasteiger partial charge in [0, 0.05) is 18.7 Å². The predicted molar refractivity (Wildman–Crippen MR) is 130 cm³/mol. The third-order valence-electron chi connectivity index (χ3n) is 6.78. The molecule has 0 bridgehead atoms. The largest absolute Gasteiger partial charge is 0.330 e. The van der Waals surface area contributed by atoms with Crippen LogP contribution in [0.3, 0.4) is 0 Å². The Balaban J connectivity index is 1.51. The van der Waals surface area contributed by atoms with Crippen molar-refractivity contribution in [3.8, 4) is 5.69 Å². The number of halogens is 1. The Morgan fingerprint density at radius 2 is 1.71 bits per heavy atom. The van der Waals surface area contributed by atoms with Crippen LogP contribution in [0.15, 0.2) is 66.9 Å². The van der Waals surface area contributed by atoms with E-state index in [0.29, 0.717) is 6.42 Å². The van der Waals surface area contributed by atoms with E-state index in [1.807, 2.05) is 42.6 Å². The lowest BCUT2D eigenvalue weighted by atomic mass is 9.97. The molecule has 1 aliphatic carbocycles. The molecule has 3 aromatic rings. The second-order valence-corrected chi connectivity index (χ2v) is 9.22. The van der Waals surface area contributed by atoms with Crippen molar-refractivity contribution in [2.45, 2.75) is 57.5 Å². The Hall–Kier alpha value is -3.41. The van der Waals surface area contributed by atoms with Gasteiger partial charge in [0.25, 0.3) is 0 Å². The van der Waals surface area contributed by atoms with Crippen LogP contribution < -0.4 is 4.90 Å². The fraction of sp³-hybridized carbons (Fsp3) is 0.357. The van der Waals surface area contributed by atoms with Crippen LogP contribution in [0.1, 0.15) is 62.7 Å². The zero-order chi connectivity index (χ0) is 23.7. The molecule has 2 aliphatic rings. The Morgan fingerprint density at radius 1 is 0.971 bits per heavy atom. The lowest BCUT2D eigenvalue weighted by Crippen LogP contribution is -2.47. The van der Waals surface area contributed by atoms with Gasteiger partial charge >= 0.3 is 0 Å². The minimum absolute atomic E-state index is 0.0579. The van der Waals surface area contributed by atoms with E-state index in [1.165, 1.54) is 12.1 Å². The summed E-state index contributed by atoms with van der Waals surface area (Å²) in [6.45, 7) is 2.17. The second kappa shape index (κ2) is 9.45. The summed E-state index contributed by atoms with van der Waals surface area (Å²) in [7, 11) is 0. The highest BCUT2D eigenvalue weighted by Gasteiger charge is 2.39. The molecule has 0 unspecified atom stereocenters. The van der Waals surface area contributed by atoms with Crippen LogP contribution in [0.25, 0.3) is 5.69 Å². The molecule has 34 heavy (non-hydrogen) atoms. The molecular weight excluding hydrogens is 429 g/mol. The van der Waals surface area contributed by atoms with Crippen molar-refractivity contribution in [2.24, 2.45) is 0 Å². The maximum atomic E-state index is 14.0. The maximum absolute atomic E-state index is 14.0.